The summed E-state index contributed by atoms with van der Waals surface area (Å²) < 4.78 is 5.03. The van der Waals surface area contributed by atoms with Crippen molar-refractivity contribution >= 4 is 17.8 Å². The van der Waals surface area contributed by atoms with Crippen LogP contribution in [0.5, 0.6) is 0 Å². The molecule has 0 unspecified atom stereocenters. The minimum atomic E-state index is -0.835. The monoisotopic (exact) mass is 430 g/mol. The second kappa shape index (κ2) is 9.02. The van der Waals surface area contributed by atoms with Crippen LogP contribution >= 0.6 is 0 Å². The lowest BCUT2D eigenvalue weighted by atomic mass is 9.74. The zero-order chi connectivity index (χ0) is 22.0. The van der Waals surface area contributed by atoms with Crippen molar-refractivity contribution in [2.24, 2.45) is 5.92 Å². The Balaban J connectivity index is 1.42. The van der Waals surface area contributed by atoms with Crippen LogP contribution in [0.4, 0.5) is 4.79 Å². The highest BCUT2D eigenvalue weighted by Gasteiger charge is 2.55. The van der Waals surface area contributed by atoms with Crippen LogP contribution in [0.15, 0.2) is 23.0 Å². The van der Waals surface area contributed by atoms with Crippen molar-refractivity contribution in [2.45, 2.75) is 63.5 Å². The standard InChI is InChI=1S/C23H34N4O4/c1-3-10-23(18-6-12-26(13-7-18)20(28)17-9-15-31-16-17)21(29)27(22(30)24-23)14-8-19-5-4-11-25(19)2/h9,15-16,18-19H,3-8,10-14H2,1-2H3,(H,24,30)/t19-,23+/m0/s1. The molecule has 3 saturated heterocycles. The molecule has 1 aromatic rings. The van der Waals surface area contributed by atoms with Crippen LogP contribution in [0.2, 0.25) is 0 Å². The number of hydrogen-bond donors (Lipinski definition) is 1. The van der Waals surface area contributed by atoms with E-state index in [4.69, 9.17) is 4.42 Å². The van der Waals surface area contributed by atoms with Gasteiger partial charge in [0, 0.05) is 25.7 Å². The number of hydrogen-bond acceptors (Lipinski definition) is 5. The van der Waals surface area contributed by atoms with Crippen molar-refractivity contribution in [2.75, 3.05) is 33.2 Å². The first-order chi connectivity index (χ1) is 15.0. The van der Waals surface area contributed by atoms with Gasteiger partial charge >= 0.3 is 6.03 Å². The van der Waals surface area contributed by atoms with E-state index in [1.165, 1.54) is 23.8 Å². The van der Waals surface area contributed by atoms with E-state index in [0.717, 1.165) is 25.8 Å². The molecule has 0 aliphatic carbocycles. The molecule has 4 amide bonds. The van der Waals surface area contributed by atoms with Gasteiger partial charge in [0.15, 0.2) is 0 Å². The van der Waals surface area contributed by atoms with Crippen molar-refractivity contribution in [3.8, 4) is 0 Å². The number of rotatable bonds is 7. The first-order valence-electron chi connectivity index (χ1n) is 11.6. The van der Waals surface area contributed by atoms with Crippen LogP contribution < -0.4 is 5.32 Å². The van der Waals surface area contributed by atoms with E-state index < -0.39 is 5.54 Å². The summed E-state index contributed by atoms with van der Waals surface area (Å²) in [7, 11) is 2.11. The lowest BCUT2D eigenvalue weighted by Crippen LogP contribution is -2.56. The van der Waals surface area contributed by atoms with Crippen molar-refractivity contribution in [1.82, 2.24) is 20.0 Å². The SMILES string of the molecule is CCC[C@]1(C2CCN(C(=O)c3ccoc3)CC2)NC(=O)N(CC[C@@H]2CCCN2C)C1=O. The molecular weight excluding hydrogens is 396 g/mol. The minimum absolute atomic E-state index is 0.0384. The molecule has 3 fully saturated rings. The van der Waals surface area contributed by atoms with Gasteiger partial charge in [0.05, 0.1) is 11.8 Å². The number of nitrogens with zero attached hydrogens (tertiary/aromatic N) is 3. The molecule has 8 heteroatoms. The van der Waals surface area contributed by atoms with E-state index in [-0.39, 0.29) is 23.8 Å². The smallest absolute Gasteiger partial charge is 0.325 e. The minimum Gasteiger partial charge on any atom is -0.472 e. The van der Waals surface area contributed by atoms with E-state index in [1.54, 1.807) is 6.07 Å². The summed E-state index contributed by atoms with van der Waals surface area (Å²) in [5.41, 5.74) is -0.284. The largest absolute Gasteiger partial charge is 0.472 e. The van der Waals surface area contributed by atoms with Crippen LogP contribution in [0, 0.1) is 5.92 Å². The van der Waals surface area contributed by atoms with Crippen LogP contribution in [-0.4, -0.2) is 77.4 Å². The number of carbonyl (C=O) groups excluding carboxylic acids is 3. The summed E-state index contributed by atoms with van der Waals surface area (Å²) in [6.07, 6.45) is 8.96. The predicted octanol–water partition coefficient (Wildman–Crippen LogP) is 2.71. The van der Waals surface area contributed by atoms with E-state index in [1.807, 2.05) is 4.90 Å². The Kier molecular flexibility index (Phi) is 6.36. The van der Waals surface area contributed by atoms with Crippen molar-refractivity contribution in [3.63, 3.8) is 0 Å². The number of imide groups is 1. The van der Waals surface area contributed by atoms with Gasteiger partial charge in [-0.1, -0.05) is 13.3 Å². The summed E-state index contributed by atoms with van der Waals surface area (Å²) in [5, 5.41) is 3.10. The van der Waals surface area contributed by atoms with Gasteiger partial charge in [-0.25, -0.2) is 4.79 Å². The molecule has 0 aromatic carbocycles. The molecule has 170 valence electrons. The zero-order valence-corrected chi connectivity index (χ0v) is 18.6. The molecule has 31 heavy (non-hydrogen) atoms. The zero-order valence-electron chi connectivity index (χ0n) is 18.6. The van der Waals surface area contributed by atoms with Gasteiger partial charge in [0.2, 0.25) is 0 Å². The fraction of sp³-hybridized carbons (Fsp3) is 0.696. The van der Waals surface area contributed by atoms with E-state index >= 15 is 0 Å². The molecule has 0 bridgehead atoms. The highest BCUT2D eigenvalue weighted by Crippen LogP contribution is 2.37. The Bertz CT molecular complexity index is 803. The van der Waals surface area contributed by atoms with Gasteiger partial charge in [-0.15, -0.1) is 0 Å². The molecular formula is C23H34N4O4. The lowest BCUT2D eigenvalue weighted by molar-refractivity contribution is -0.134. The lowest BCUT2D eigenvalue weighted by Gasteiger charge is -2.40. The molecule has 1 N–H and O–H groups in total. The highest BCUT2D eigenvalue weighted by molar-refractivity contribution is 6.07. The molecule has 1 aromatic heterocycles. The Morgan fingerprint density at radius 1 is 1.23 bits per heavy atom. The number of carbonyl (C=O) groups is 3. The molecule has 3 aliphatic heterocycles. The molecule has 3 aliphatic rings. The van der Waals surface area contributed by atoms with Gasteiger partial charge in [-0.3, -0.25) is 14.5 Å². The number of urea groups is 1. The quantitative estimate of drug-likeness (QED) is 0.672. The number of furan rings is 1. The summed E-state index contributed by atoms with van der Waals surface area (Å²) in [4.78, 5) is 44.6. The molecule has 4 heterocycles. The average molecular weight is 431 g/mol. The van der Waals surface area contributed by atoms with E-state index in [2.05, 4.69) is 24.2 Å². The van der Waals surface area contributed by atoms with Gasteiger partial charge in [0.1, 0.15) is 11.8 Å². The number of likely N-dealkylation sites (tertiary alicyclic amines) is 2. The number of piperidine rings is 1. The maximum atomic E-state index is 13.6. The van der Waals surface area contributed by atoms with Gasteiger partial charge < -0.3 is 19.5 Å². The topological polar surface area (TPSA) is 86.1 Å². The maximum Gasteiger partial charge on any atom is 0.325 e. The van der Waals surface area contributed by atoms with E-state index in [9.17, 15) is 14.4 Å². The van der Waals surface area contributed by atoms with Crippen molar-refractivity contribution < 1.29 is 18.8 Å². The third-order valence-corrected chi connectivity index (χ3v) is 7.45. The summed E-state index contributed by atoms with van der Waals surface area (Å²) >= 11 is 0. The van der Waals surface area contributed by atoms with Crippen LogP contribution in [-0.2, 0) is 4.79 Å². The van der Waals surface area contributed by atoms with Crippen molar-refractivity contribution in [3.05, 3.63) is 24.2 Å². The summed E-state index contributed by atoms with van der Waals surface area (Å²) in [6, 6.07) is 1.86. The highest BCUT2D eigenvalue weighted by atomic mass is 16.3. The number of amides is 4. The van der Waals surface area contributed by atoms with Crippen LogP contribution in [0.1, 0.15) is 62.2 Å². The Morgan fingerprint density at radius 2 is 2.00 bits per heavy atom. The number of nitrogens with one attached hydrogen (secondary N) is 1. The Labute approximate surface area is 183 Å². The van der Waals surface area contributed by atoms with E-state index in [0.29, 0.717) is 50.5 Å². The fourth-order valence-electron chi connectivity index (χ4n) is 5.66. The maximum absolute atomic E-state index is 13.6. The summed E-state index contributed by atoms with van der Waals surface area (Å²) in [5.74, 6) is -0.0723. The molecule has 0 spiro atoms. The van der Waals surface area contributed by atoms with Crippen LogP contribution in [0.3, 0.4) is 0 Å². The third-order valence-electron chi connectivity index (χ3n) is 7.45. The fourth-order valence-corrected chi connectivity index (χ4v) is 5.66. The molecule has 0 radical (unpaired) electrons. The molecule has 2 atom stereocenters. The Hall–Kier alpha value is -2.35. The molecule has 4 rings (SSSR count). The van der Waals surface area contributed by atoms with Crippen molar-refractivity contribution in [1.29, 1.82) is 0 Å². The summed E-state index contributed by atoms with van der Waals surface area (Å²) in [6.45, 7) is 4.77. The first-order valence-corrected chi connectivity index (χ1v) is 11.6. The van der Waals surface area contributed by atoms with Crippen LogP contribution in [0.25, 0.3) is 0 Å². The molecule has 8 nitrogen and oxygen atoms in total. The predicted molar refractivity (Wildman–Crippen MR) is 115 cm³/mol. The first kappa shape index (κ1) is 21.9. The van der Waals surface area contributed by atoms with Gasteiger partial charge in [0.25, 0.3) is 11.8 Å². The second-order valence-electron chi connectivity index (χ2n) is 9.25. The Morgan fingerprint density at radius 3 is 2.61 bits per heavy atom. The average Bonchev–Trinajstić information content (AvgIpc) is 3.49. The van der Waals surface area contributed by atoms with Gasteiger partial charge in [-0.05, 0) is 64.1 Å². The second-order valence-corrected chi connectivity index (χ2v) is 9.25. The van der Waals surface area contributed by atoms with Gasteiger partial charge in [-0.2, -0.15) is 0 Å². The third kappa shape index (κ3) is 4.10. The normalized spacial score (nSPS) is 27.9. The molecule has 0 saturated carbocycles.